The van der Waals surface area contributed by atoms with E-state index in [1.54, 1.807) is 18.2 Å². The van der Waals surface area contributed by atoms with Gasteiger partial charge in [0.25, 0.3) is 5.91 Å². The average molecular weight is 260 g/mol. The van der Waals surface area contributed by atoms with Crippen LogP contribution in [0, 0.1) is 5.92 Å². The van der Waals surface area contributed by atoms with Crippen molar-refractivity contribution in [3.05, 3.63) is 23.8 Å². The normalized spacial score (nSPS) is 30.6. The van der Waals surface area contributed by atoms with Crippen LogP contribution >= 0.6 is 0 Å². The van der Waals surface area contributed by atoms with Crippen LogP contribution in [0.15, 0.2) is 18.2 Å². The van der Waals surface area contributed by atoms with Crippen molar-refractivity contribution in [2.24, 2.45) is 5.92 Å². The molecule has 2 heterocycles. The minimum absolute atomic E-state index is 0.0177. The Morgan fingerprint density at radius 3 is 2.95 bits per heavy atom. The van der Waals surface area contributed by atoms with Crippen molar-refractivity contribution in [3.8, 4) is 11.5 Å². The van der Waals surface area contributed by atoms with Gasteiger partial charge in [0.2, 0.25) is 6.79 Å². The van der Waals surface area contributed by atoms with E-state index in [1.807, 2.05) is 0 Å². The third-order valence-corrected chi connectivity index (χ3v) is 4.31. The molecule has 2 aliphatic heterocycles. The molecule has 1 aromatic rings. The second kappa shape index (κ2) is 4.13. The van der Waals surface area contributed by atoms with Crippen molar-refractivity contribution >= 4 is 5.91 Å². The molecule has 2 fully saturated rings. The third kappa shape index (κ3) is 1.85. The van der Waals surface area contributed by atoms with E-state index in [2.05, 4.69) is 10.6 Å². The Labute approximate surface area is 111 Å². The largest absolute Gasteiger partial charge is 0.454 e. The standard InChI is InChI=1S/C14H16N2O3/c17-14(16-11-5-10-3-9(11)6-15-10)8-1-2-12-13(4-8)19-7-18-12/h1-2,4,9-11,15H,3,5-7H2,(H,16,17). The van der Waals surface area contributed by atoms with Crippen LogP contribution in [0.5, 0.6) is 11.5 Å². The molecule has 1 aliphatic carbocycles. The van der Waals surface area contributed by atoms with Crippen LogP contribution < -0.4 is 20.1 Å². The van der Waals surface area contributed by atoms with Crippen LogP contribution in [-0.4, -0.2) is 31.3 Å². The molecule has 3 aliphatic rings. The van der Waals surface area contributed by atoms with Crippen molar-refractivity contribution < 1.29 is 14.3 Å². The molecule has 100 valence electrons. The molecule has 19 heavy (non-hydrogen) atoms. The van der Waals surface area contributed by atoms with Crippen LogP contribution in [0.4, 0.5) is 0 Å². The number of carbonyl (C=O) groups is 1. The second-order valence-corrected chi connectivity index (χ2v) is 5.48. The third-order valence-electron chi connectivity index (χ3n) is 4.31. The van der Waals surface area contributed by atoms with Gasteiger partial charge in [-0.05, 0) is 37.0 Å². The molecule has 5 heteroatoms. The van der Waals surface area contributed by atoms with Crippen LogP contribution in [0.25, 0.3) is 0 Å². The number of piperidine rings is 1. The maximum Gasteiger partial charge on any atom is 0.251 e. The van der Waals surface area contributed by atoms with Gasteiger partial charge in [-0.2, -0.15) is 0 Å². The summed E-state index contributed by atoms with van der Waals surface area (Å²) >= 11 is 0. The Morgan fingerprint density at radius 1 is 1.26 bits per heavy atom. The van der Waals surface area contributed by atoms with Gasteiger partial charge in [-0.25, -0.2) is 0 Å². The number of hydrogen-bond acceptors (Lipinski definition) is 4. The zero-order valence-electron chi connectivity index (χ0n) is 10.5. The molecule has 4 rings (SSSR count). The van der Waals surface area contributed by atoms with Crippen LogP contribution in [0.1, 0.15) is 23.2 Å². The van der Waals surface area contributed by atoms with Crippen molar-refractivity contribution in [2.75, 3.05) is 13.3 Å². The number of benzene rings is 1. The molecule has 1 saturated heterocycles. The molecule has 0 aromatic heterocycles. The van der Waals surface area contributed by atoms with Gasteiger partial charge < -0.3 is 20.1 Å². The van der Waals surface area contributed by atoms with Crippen molar-refractivity contribution in [1.82, 2.24) is 10.6 Å². The molecule has 5 nitrogen and oxygen atoms in total. The predicted molar refractivity (Wildman–Crippen MR) is 68.3 cm³/mol. The number of rotatable bonds is 2. The summed E-state index contributed by atoms with van der Waals surface area (Å²) in [7, 11) is 0. The first-order valence-electron chi connectivity index (χ1n) is 6.73. The quantitative estimate of drug-likeness (QED) is 0.829. The van der Waals surface area contributed by atoms with Gasteiger partial charge in [0.1, 0.15) is 0 Å². The number of amides is 1. The Hall–Kier alpha value is -1.75. The Balaban J connectivity index is 1.48. The lowest BCUT2D eigenvalue weighted by Gasteiger charge is -2.23. The molecule has 0 spiro atoms. The molecule has 3 unspecified atom stereocenters. The molecule has 1 aromatic carbocycles. The van der Waals surface area contributed by atoms with E-state index in [-0.39, 0.29) is 12.7 Å². The van der Waals surface area contributed by atoms with E-state index in [0.717, 1.165) is 13.0 Å². The van der Waals surface area contributed by atoms with E-state index >= 15 is 0 Å². The highest BCUT2D eigenvalue weighted by Crippen LogP contribution is 2.34. The van der Waals surface area contributed by atoms with Gasteiger partial charge in [0, 0.05) is 24.2 Å². The first kappa shape index (κ1) is 11.1. The van der Waals surface area contributed by atoms with Crippen molar-refractivity contribution in [1.29, 1.82) is 0 Å². The Kier molecular flexibility index (Phi) is 2.41. The molecule has 1 saturated carbocycles. The summed E-state index contributed by atoms with van der Waals surface area (Å²) in [5, 5.41) is 6.59. The highest BCUT2D eigenvalue weighted by atomic mass is 16.7. The summed E-state index contributed by atoms with van der Waals surface area (Å²) in [4.78, 5) is 12.2. The SMILES string of the molecule is O=C(NC1CC2CC1CN2)c1ccc2c(c1)OCO2. The van der Waals surface area contributed by atoms with E-state index in [1.165, 1.54) is 6.42 Å². The lowest BCUT2D eigenvalue weighted by atomic mass is 10.0. The van der Waals surface area contributed by atoms with Crippen LogP contribution in [0.3, 0.4) is 0 Å². The second-order valence-electron chi connectivity index (χ2n) is 5.48. The zero-order valence-corrected chi connectivity index (χ0v) is 10.5. The fraction of sp³-hybridized carbons (Fsp3) is 0.500. The molecule has 3 atom stereocenters. The van der Waals surface area contributed by atoms with E-state index in [9.17, 15) is 4.79 Å². The van der Waals surface area contributed by atoms with E-state index in [0.29, 0.717) is 35.1 Å². The summed E-state index contributed by atoms with van der Waals surface area (Å²) in [6.45, 7) is 1.26. The summed E-state index contributed by atoms with van der Waals surface area (Å²) < 4.78 is 10.5. The van der Waals surface area contributed by atoms with Gasteiger partial charge in [-0.3, -0.25) is 4.79 Å². The van der Waals surface area contributed by atoms with Gasteiger partial charge >= 0.3 is 0 Å². The average Bonchev–Trinajstić information content (AvgIpc) is 3.13. The molecular formula is C14H16N2O3. The number of carbonyl (C=O) groups excluding carboxylic acids is 1. The molecule has 1 amide bonds. The van der Waals surface area contributed by atoms with Crippen molar-refractivity contribution in [2.45, 2.75) is 24.9 Å². The van der Waals surface area contributed by atoms with E-state index in [4.69, 9.17) is 9.47 Å². The minimum Gasteiger partial charge on any atom is -0.454 e. The number of fused-ring (bicyclic) bond motifs is 3. The monoisotopic (exact) mass is 260 g/mol. The van der Waals surface area contributed by atoms with Crippen molar-refractivity contribution in [3.63, 3.8) is 0 Å². The summed E-state index contributed by atoms with van der Waals surface area (Å²) in [6.07, 6.45) is 2.23. The van der Waals surface area contributed by atoms with Crippen LogP contribution in [-0.2, 0) is 0 Å². The van der Waals surface area contributed by atoms with Gasteiger partial charge in [-0.15, -0.1) is 0 Å². The molecular weight excluding hydrogens is 244 g/mol. The molecule has 2 bridgehead atoms. The predicted octanol–water partition coefficient (Wildman–Crippen LogP) is 0.895. The van der Waals surface area contributed by atoms with Gasteiger partial charge in [-0.1, -0.05) is 0 Å². The highest BCUT2D eigenvalue weighted by molar-refractivity contribution is 5.95. The maximum absolute atomic E-state index is 12.2. The number of nitrogens with one attached hydrogen (secondary N) is 2. The number of hydrogen-bond donors (Lipinski definition) is 2. The first-order valence-corrected chi connectivity index (χ1v) is 6.73. The fourth-order valence-corrected chi connectivity index (χ4v) is 3.30. The summed E-state index contributed by atoms with van der Waals surface area (Å²) in [6, 6.07) is 6.23. The molecule has 2 N–H and O–H groups in total. The zero-order chi connectivity index (χ0) is 12.8. The lowest BCUT2D eigenvalue weighted by Crippen LogP contribution is -2.44. The first-order chi connectivity index (χ1) is 9.29. The molecule has 0 radical (unpaired) electrons. The van der Waals surface area contributed by atoms with E-state index < -0.39 is 0 Å². The van der Waals surface area contributed by atoms with Gasteiger partial charge in [0.15, 0.2) is 11.5 Å². The van der Waals surface area contributed by atoms with Gasteiger partial charge in [0.05, 0.1) is 0 Å². The summed E-state index contributed by atoms with van der Waals surface area (Å²) in [5.41, 5.74) is 0.639. The highest BCUT2D eigenvalue weighted by Gasteiger charge is 2.40. The summed E-state index contributed by atoms with van der Waals surface area (Å²) in [5.74, 6) is 1.93. The minimum atomic E-state index is -0.0177. The lowest BCUT2D eigenvalue weighted by molar-refractivity contribution is 0.0924. The Bertz CT molecular complexity index is 531. The van der Waals surface area contributed by atoms with Crippen LogP contribution in [0.2, 0.25) is 0 Å². The fourth-order valence-electron chi connectivity index (χ4n) is 3.30. The Morgan fingerprint density at radius 2 is 2.16 bits per heavy atom. The smallest absolute Gasteiger partial charge is 0.251 e. The topological polar surface area (TPSA) is 59.6 Å². The maximum atomic E-state index is 12.2. The number of ether oxygens (including phenoxy) is 2.